The summed E-state index contributed by atoms with van der Waals surface area (Å²) in [7, 11) is 0. The Balaban J connectivity index is 1.96. The highest BCUT2D eigenvalue weighted by atomic mass is 16.6. The lowest BCUT2D eigenvalue weighted by molar-refractivity contribution is -0.105. The van der Waals surface area contributed by atoms with Crippen LogP contribution in [-0.4, -0.2) is 47.6 Å². The number of carbonyl (C=O) groups is 1. The smallest absolute Gasteiger partial charge is 0.404 e. The van der Waals surface area contributed by atoms with Gasteiger partial charge in [0.25, 0.3) is 0 Å². The minimum absolute atomic E-state index is 0.147. The second-order valence-electron chi connectivity index (χ2n) is 6.40. The van der Waals surface area contributed by atoms with Crippen LogP contribution < -0.4 is 21.1 Å². The van der Waals surface area contributed by atoms with Gasteiger partial charge >= 0.3 is 6.09 Å². The minimum atomic E-state index is -1.16. The quantitative estimate of drug-likeness (QED) is 0.714. The van der Waals surface area contributed by atoms with Crippen LogP contribution in [0.2, 0.25) is 0 Å². The molecule has 0 bridgehead atoms. The molecule has 0 aromatic carbocycles. The Morgan fingerprint density at radius 1 is 1.57 bits per heavy atom. The number of ether oxygens (including phenoxy) is 2. The summed E-state index contributed by atoms with van der Waals surface area (Å²) in [6.07, 6.45) is 0.654. The number of hydrogen-bond donors (Lipinski definition) is 3. The fourth-order valence-electron chi connectivity index (χ4n) is 3.29. The van der Waals surface area contributed by atoms with Gasteiger partial charge in [-0.05, 0) is 6.92 Å². The van der Waals surface area contributed by atoms with Gasteiger partial charge in [-0.15, -0.1) is 0 Å². The van der Waals surface area contributed by atoms with E-state index in [1.165, 1.54) is 0 Å². The van der Waals surface area contributed by atoms with Gasteiger partial charge in [0.05, 0.1) is 30.7 Å². The zero-order valence-electron chi connectivity index (χ0n) is 13.3. The van der Waals surface area contributed by atoms with Gasteiger partial charge in [0.15, 0.2) is 0 Å². The number of nitrogens with two attached hydrogens (primary N) is 2. The zero-order chi connectivity index (χ0) is 16.8. The molecule has 5 N–H and O–H groups in total. The third kappa shape index (κ3) is 2.63. The minimum Gasteiger partial charge on any atom is -0.477 e. The van der Waals surface area contributed by atoms with Gasteiger partial charge in [0, 0.05) is 24.4 Å². The zero-order valence-corrected chi connectivity index (χ0v) is 13.3. The van der Waals surface area contributed by atoms with Crippen LogP contribution in [0.15, 0.2) is 6.20 Å². The van der Waals surface area contributed by atoms with Crippen molar-refractivity contribution in [1.82, 2.24) is 4.98 Å². The molecule has 2 aliphatic rings. The first kappa shape index (κ1) is 15.7. The third-order valence-corrected chi connectivity index (χ3v) is 4.83. The lowest BCUT2D eigenvalue weighted by Gasteiger charge is -2.47. The molecule has 0 saturated carbocycles. The standard InChI is InChI=1S/C15H22N4O4/c1-8-6-19(7-11(15(8,2)21)23-14(17)20)12-9-3-4-22-13(9)18-5-10(12)16/h5,8,11,21H,3-4,6-7,16H2,1-2H3,(H2,17,20). The maximum atomic E-state index is 11.2. The number of primary amides is 1. The molecule has 3 rings (SSSR count). The highest BCUT2D eigenvalue weighted by molar-refractivity contribution is 5.74. The van der Waals surface area contributed by atoms with E-state index in [1.54, 1.807) is 13.1 Å². The van der Waals surface area contributed by atoms with Gasteiger partial charge in [-0.25, -0.2) is 9.78 Å². The van der Waals surface area contributed by atoms with Crippen LogP contribution in [-0.2, 0) is 11.2 Å². The average Bonchev–Trinajstić information content (AvgIpc) is 2.92. The van der Waals surface area contributed by atoms with Crippen LogP contribution in [0, 0.1) is 5.92 Å². The Bertz CT molecular complexity index is 634. The first-order valence-corrected chi connectivity index (χ1v) is 7.64. The summed E-state index contributed by atoms with van der Waals surface area (Å²) in [5.41, 5.74) is 12.5. The van der Waals surface area contributed by atoms with Gasteiger partial charge in [-0.2, -0.15) is 0 Å². The van der Waals surface area contributed by atoms with Crippen molar-refractivity contribution in [3.05, 3.63) is 11.8 Å². The van der Waals surface area contributed by atoms with E-state index in [0.717, 1.165) is 17.7 Å². The van der Waals surface area contributed by atoms with Crippen molar-refractivity contribution in [2.45, 2.75) is 32.0 Å². The fourth-order valence-corrected chi connectivity index (χ4v) is 3.29. The normalized spacial score (nSPS) is 29.8. The van der Waals surface area contributed by atoms with Crippen molar-refractivity contribution in [1.29, 1.82) is 0 Å². The van der Waals surface area contributed by atoms with Gasteiger partial charge < -0.3 is 30.9 Å². The number of piperidine rings is 1. The lowest BCUT2D eigenvalue weighted by atomic mass is 9.81. The molecular weight excluding hydrogens is 300 g/mol. The number of aromatic nitrogens is 1. The molecule has 23 heavy (non-hydrogen) atoms. The van der Waals surface area contributed by atoms with Crippen LogP contribution in [0.25, 0.3) is 0 Å². The number of amides is 1. The number of nitrogens with zero attached hydrogens (tertiary/aromatic N) is 2. The lowest BCUT2D eigenvalue weighted by Crippen LogP contribution is -2.61. The molecule has 0 radical (unpaired) electrons. The Kier molecular flexibility index (Phi) is 3.71. The summed E-state index contributed by atoms with van der Waals surface area (Å²) < 4.78 is 10.6. The second-order valence-corrected chi connectivity index (χ2v) is 6.40. The highest BCUT2D eigenvalue weighted by Crippen LogP contribution is 2.40. The Labute approximate surface area is 134 Å². The molecular formula is C15H22N4O4. The molecule has 3 unspecified atom stereocenters. The number of rotatable bonds is 2. The van der Waals surface area contributed by atoms with Crippen LogP contribution in [0.4, 0.5) is 16.2 Å². The molecule has 0 spiro atoms. The maximum absolute atomic E-state index is 11.2. The van der Waals surface area contributed by atoms with Crippen LogP contribution in [0.3, 0.4) is 0 Å². The fraction of sp³-hybridized carbons (Fsp3) is 0.600. The number of pyridine rings is 1. The van der Waals surface area contributed by atoms with E-state index in [-0.39, 0.29) is 5.92 Å². The first-order valence-electron chi connectivity index (χ1n) is 7.64. The number of anilines is 2. The van der Waals surface area contributed by atoms with Crippen LogP contribution >= 0.6 is 0 Å². The van der Waals surface area contributed by atoms with E-state index in [2.05, 4.69) is 4.98 Å². The molecule has 8 nitrogen and oxygen atoms in total. The number of carbonyl (C=O) groups excluding carboxylic acids is 1. The van der Waals surface area contributed by atoms with E-state index in [4.69, 9.17) is 20.9 Å². The largest absolute Gasteiger partial charge is 0.477 e. The summed E-state index contributed by atoms with van der Waals surface area (Å²) in [4.78, 5) is 17.4. The van der Waals surface area contributed by atoms with Crippen molar-refractivity contribution in [2.75, 3.05) is 30.3 Å². The summed E-state index contributed by atoms with van der Waals surface area (Å²) in [6.45, 7) is 5.01. The highest BCUT2D eigenvalue weighted by Gasteiger charge is 2.46. The summed E-state index contributed by atoms with van der Waals surface area (Å²) >= 11 is 0. The Hall–Kier alpha value is -2.22. The van der Waals surface area contributed by atoms with Gasteiger partial charge in [-0.1, -0.05) is 6.92 Å². The molecule has 126 valence electrons. The molecule has 2 aliphatic heterocycles. The monoisotopic (exact) mass is 322 g/mol. The number of fused-ring (bicyclic) bond motifs is 1. The van der Waals surface area contributed by atoms with Crippen molar-refractivity contribution < 1.29 is 19.4 Å². The van der Waals surface area contributed by atoms with Crippen molar-refractivity contribution in [3.63, 3.8) is 0 Å². The Morgan fingerprint density at radius 2 is 2.30 bits per heavy atom. The molecule has 1 aromatic rings. The second kappa shape index (κ2) is 5.45. The first-order chi connectivity index (χ1) is 10.8. The average molecular weight is 322 g/mol. The summed E-state index contributed by atoms with van der Waals surface area (Å²) in [5, 5.41) is 10.7. The number of hydrogen-bond acceptors (Lipinski definition) is 7. The van der Waals surface area contributed by atoms with Crippen molar-refractivity contribution >= 4 is 17.5 Å². The molecule has 3 heterocycles. The molecule has 8 heteroatoms. The number of nitrogen functional groups attached to an aromatic ring is 1. The molecule has 1 fully saturated rings. The van der Waals surface area contributed by atoms with E-state index >= 15 is 0 Å². The summed E-state index contributed by atoms with van der Waals surface area (Å²) in [6, 6.07) is 0. The van der Waals surface area contributed by atoms with Crippen LogP contribution in [0.1, 0.15) is 19.4 Å². The Morgan fingerprint density at radius 3 is 3.00 bits per heavy atom. The maximum Gasteiger partial charge on any atom is 0.404 e. The van der Waals surface area contributed by atoms with Gasteiger partial charge in [0.2, 0.25) is 5.88 Å². The molecule has 1 amide bonds. The van der Waals surface area contributed by atoms with Gasteiger partial charge in [-0.3, -0.25) is 0 Å². The van der Waals surface area contributed by atoms with E-state index in [0.29, 0.717) is 31.3 Å². The predicted octanol–water partition coefficient (Wildman–Crippen LogP) is 0.270. The van der Waals surface area contributed by atoms with E-state index < -0.39 is 17.8 Å². The molecule has 0 aliphatic carbocycles. The molecule has 1 saturated heterocycles. The SMILES string of the molecule is CC1CN(c2c(N)cnc3c2CCO3)CC(OC(N)=O)C1(C)O. The molecule has 3 atom stereocenters. The number of aliphatic hydroxyl groups is 1. The van der Waals surface area contributed by atoms with Crippen molar-refractivity contribution in [3.8, 4) is 5.88 Å². The van der Waals surface area contributed by atoms with E-state index in [1.807, 2.05) is 11.8 Å². The summed E-state index contributed by atoms with van der Waals surface area (Å²) in [5.74, 6) is 0.442. The topological polar surface area (TPSA) is 124 Å². The predicted molar refractivity (Wildman–Crippen MR) is 84.3 cm³/mol. The van der Waals surface area contributed by atoms with Crippen molar-refractivity contribution in [2.24, 2.45) is 11.7 Å². The third-order valence-electron chi connectivity index (χ3n) is 4.83. The van der Waals surface area contributed by atoms with Crippen LogP contribution in [0.5, 0.6) is 5.88 Å². The van der Waals surface area contributed by atoms with E-state index in [9.17, 15) is 9.90 Å². The molecule has 1 aromatic heterocycles. The van der Waals surface area contributed by atoms with Gasteiger partial charge in [0.1, 0.15) is 11.7 Å².